The zero-order valence-corrected chi connectivity index (χ0v) is 14.6. The van der Waals surface area contributed by atoms with E-state index in [9.17, 15) is 9.18 Å². The number of hydrogen-bond acceptors (Lipinski definition) is 1. The molecular weight excluding hydrogens is 389 g/mol. The van der Waals surface area contributed by atoms with Crippen LogP contribution in [-0.4, -0.2) is 16.8 Å². The number of nitrogens with one attached hydrogen (secondary N) is 1. The maximum atomic E-state index is 13.9. The Morgan fingerprint density at radius 2 is 2.30 bits per heavy atom. The zero-order chi connectivity index (χ0) is 14.8. The molecule has 1 saturated carbocycles. The van der Waals surface area contributed by atoms with Gasteiger partial charge in [-0.2, -0.15) is 0 Å². The summed E-state index contributed by atoms with van der Waals surface area (Å²) in [6, 6.07) is 4.52. The van der Waals surface area contributed by atoms with Crippen LogP contribution >= 0.6 is 31.9 Å². The van der Waals surface area contributed by atoms with Crippen LogP contribution in [0.25, 0.3) is 0 Å². The Morgan fingerprint density at radius 3 is 2.90 bits per heavy atom. The second-order valence-electron chi connectivity index (χ2n) is 5.69. The summed E-state index contributed by atoms with van der Waals surface area (Å²) in [6.45, 7) is 2.20. The molecule has 20 heavy (non-hydrogen) atoms. The van der Waals surface area contributed by atoms with E-state index in [1.807, 2.05) is 0 Å². The van der Waals surface area contributed by atoms with Gasteiger partial charge in [0, 0.05) is 9.80 Å². The fraction of sp³-hybridized carbons (Fsp3) is 0.533. The minimum Gasteiger partial charge on any atom is -0.346 e. The minimum atomic E-state index is -0.495. The molecule has 0 saturated heterocycles. The van der Waals surface area contributed by atoms with Crippen LogP contribution in [0.15, 0.2) is 22.7 Å². The smallest absolute Gasteiger partial charge is 0.254 e. The van der Waals surface area contributed by atoms with Crippen LogP contribution in [0, 0.1) is 11.7 Å². The van der Waals surface area contributed by atoms with Crippen LogP contribution in [0.5, 0.6) is 0 Å². The van der Waals surface area contributed by atoms with Crippen LogP contribution in [0.2, 0.25) is 0 Å². The van der Waals surface area contributed by atoms with Gasteiger partial charge < -0.3 is 5.32 Å². The summed E-state index contributed by atoms with van der Waals surface area (Å²) in [5, 5.41) is 3.75. The first kappa shape index (κ1) is 16.0. The zero-order valence-electron chi connectivity index (χ0n) is 11.4. The summed E-state index contributed by atoms with van der Waals surface area (Å²) < 4.78 is 14.5. The molecule has 1 aromatic rings. The van der Waals surface area contributed by atoms with Gasteiger partial charge in [-0.05, 0) is 37.0 Å². The second kappa shape index (κ2) is 6.56. The van der Waals surface area contributed by atoms with Crippen LogP contribution in [0.3, 0.4) is 0 Å². The van der Waals surface area contributed by atoms with Crippen LogP contribution in [0.1, 0.15) is 43.0 Å². The van der Waals surface area contributed by atoms with Gasteiger partial charge in [0.05, 0.1) is 11.1 Å². The van der Waals surface area contributed by atoms with E-state index >= 15 is 0 Å². The Hall–Kier alpha value is -0.420. The third kappa shape index (κ3) is 3.61. The van der Waals surface area contributed by atoms with Gasteiger partial charge in [0.25, 0.3) is 5.91 Å². The summed E-state index contributed by atoms with van der Waals surface area (Å²) in [5.41, 5.74) is -0.152. The number of amides is 1. The quantitative estimate of drug-likeness (QED) is 0.726. The van der Waals surface area contributed by atoms with Crippen LogP contribution in [-0.2, 0) is 0 Å². The van der Waals surface area contributed by atoms with E-state index in [1.165, 1.54) is 18.6 Å². The normalized spacial score (nSPS) is 26.3. The first-order chi connectivity index (χ1) is 9.46. The lowest BCUT2D eigenvalue weighted by atomic mass is 9.77. The highest BCUT2D eigenvalue weighted by Gasteiger charge is 2.35. The van der Waals surface area contributed by atoms with Gasteiger partial charge in [-0.25, -0.2) is 4.39 Å². The maximum absolute atomic E-state index is 13.9. The van der Waals surface area contributed by atoms with E-state index in [4.69, 9.17) is 0 Å². The molecule has 0 heterocycles. The average Bonchev–Trinajstić information content (AvgIpc) is 2.38. The topological polar surface area (TPSA) is 29.1 Å². The number of hydrogen-bond donors (Lipinski definition) is 1. The summed E-state index contributed by atoms with van der Waals surface area (Å²) >= 11 is 6.71. The highest BCUT2D eigenvalue weighted by Crippen LogP contribution is 2.34. The lowest BCUT2D eigenvalue weighted by Crippen LogP contribution is -2.52. The molecule has 2 unspecified atom stereocenters. The molecule has 2 atom stereocenters. The highest BCUT2D eigenvalue weighted by molar-refractivity contribution is 9.10. The molecule has 2 nitrogen and oxygen atoms in total. The Labute approximate surface area is 135 Å². The number of halogens is 3. The summed E-state index contributed by atoms with van der Waals surface area (Å²) in [6.07, 6.45) is 4.15. The fourth-order valence-corrected chi connectivity index (χ4v) is 3.89. The first-order valence-electron chi connectivity index (χ1n) is 6.79. The van der Waals surface area contributed by atoms with Crippen molar-refractivity contribution in [3.63, 3.8) is 0 Å². The lowest BCUT2D eigenvalue weighted by molar-refractivity contribution is 0.0865. The van der Waals surface area contributed by atoms with Gasteiger partial charge in [-0.3, -0.25) is 4.79 Å². The fourth-order valence-electron chi connectivity index (χ4n) is 2.91. The molecule has 0 aliphatic heterocycles. The molecule has 5 heteroatoms. The van der Waals surface area contributed by atoms with Gasteiger partial charge in [-0.15, -0.1) is 0 Å². The molecule has 1 aliphatic carbocycles. The van der Waals surface area contributed by atoms with Crippen LogP contribution in [0.4, 0.5) is 4.39 Å². The molecule has 0 spiro atoms. The number of alkyl halides is 1. The van der Waals surface area contributed by atoms with Crippen molar-refractivity contribution in [2.75, 3.05) is 5.33 Å². The van der Waals surface area contributed by atoms with E-state index < -0.39 is 5.82 Å². The minimum absolute atomic E-state index is 0.103. The second-order valence-corrected chi connectivity index (χ2v) is 7.17. The summed E-state index contributed by atoms with van der Waals surface area (Å²) in [7, 11) is 0. The van der Waals surface area contributed by atoms with Crippen molar-refractivity contribution < 1.29 is 9.18 Å². The van der Waals surface area contributed by atoms with Crippen molar-refractivity contribution in [3.05, 3.63) is 34.1 Å². The molecule has 1 amide bonds. The van der Waals surface area contributed by atoms with E-state index in [-0.39, 0.29) is 17.0 Å². The van der Waals surface area contributed by atoms with E-state index in [0.717, 1.165) is 19.3 Å². The molecule has 0 radical (unpaired) electrons. The van der Waals surface area contributed by atoms with Crippen LogP contribution < -0.4 is 5.32 Å². The van der Waals surface area contributed by atoms with Gasteiger partial charge in [-0.1, -0.05) is 51.6 Å². The molecule has 110 valence electrons. The van der Waals surface area contributed by atoms with Crippen molar-refractivity contribution in [2.24, 2.45) is 5.92 Å². The van der Waals surface area contributed by atoms with Crippen molar-refractivity contribution in [2.45, 2.75) is 38.1 Å². The SMILES string of the molecule is CC1CCCC(CBr)(NC(=O)c2ccc(Br)cc2F)C1. The Kier molecular flexibility index (Phi) is 5.24. The average molecular weight is 407 g/mol. The standard InChI is InChI=1S/C15H18Br2FNO/c1-10-3-2-6-15(8-10,9-16)19-14(20)12-5-4-11(17)7-13(12)18/h4-5,7,10H,2-3,6,8-9H2,1H3,(H,19,20). The first-order valence-corrected chi connectivity index (χ1v) is 8.71. The van der Waals surface area contributed by atoms with E-state index in [2.05, 4.69) is 44.1 Å². The monoisotopic (exact) mass is 405 g/mol. The molecule has 1 aliphatic rings. The number of carbonyl (C=O) groups is 1. The Bertz CT molecular complexity index is 509. The third-order valence-electron chi connectivity index (χ3n) is 3.90. The maximum Gasteiger partial charge on any atom is 0.254 e. The number of carbonyl (C=O) groups excluding carboxylic acids is 1. The van der Waals surface area contributed by atoms with Gasteiger partial charge in [0.15, 0.2) is 0 Å². The lowest BCUT2D eigenvalue weighted by Gasteiger charge is -2.39. The predicted molar refractivity (Wildman–Crippen MR) is 85.7 cm³/mol. The molecule has 0 aromatic heterocycles. The molecule has 0 bridgehead atoms. The molecule has 1 aromatic carbocycles. The van der Waals surface area contributed by atoms with Crippen molar-refractivity contribution in [1.29, 1.82) is 0 Å². The number of benzene rings is 1. The number of rotatable bonds is 3. The Balaban J connectivity index is 2.16. The summed E-state index contributed by atoms with van der Waals surface area (Å²) in [4.78, 5) is 12.3. The van der Waals surface area contributed by atoms with Gasteiger partial charge in [0.1, 0.15) is 5.82 Å². The summed E-state index contributed by atoms with van der Waals surface area (Å²) in [5.74, 6) is -0.245. The molecular formula is C15H18Br2FNO. The van der Waals surface area contributed by atoms with Crippen molar-refractivity contribution >= 4 is 37.8 Å². The largest absolute Gasteiger partial charge is 0.346 e. The van der Waals surface area contributed by atoms with Crippen molar-refractivity contribution in [1.82, 2.24) is 5.32 Å². The third-order valence-corrected chi connectivity index (χ3v) is 5.47. The molecule has 1 fully saturated rings. The van der Waals surface area contributed by atoms with Crippen molar-refractivity contribution in [3.8, 4) is 0 Å². The highest BCUT2D eigenvalue weighted by atomic mass is 79.9. The Morgan fingerprint density at radius 1 is 1.55 bits per heavy atom. The predicted octanol–water partition coefficient (Wildman–Crippen LogP) is 4.66. The molecule has 1 N–H and O–H groups in total. The molecule has 2 rings (SSSR count). The van der Waals surface area contributed by atoms with Gasteiger partial charge in [0.2, 0.25) is 0 Å². The van der Waals surface area contributed by atoms with Gasteiger partial charge >= 0.3 is 0 Å². The van der Waals surface area contributed by atoms with E-state index in [0.29, 0.717) is 15.7 Å². The van der Waals surface area contributed by atoms with E-state index in [1.54, 1.807) is 6.07 Å².